The molecule has 3 N–H and O–H groups in total. The summed E-state index contributed by atoms with van der Waals surface area (Å²) in [7, 11) is 0. The topological polar surface area (TPSA) is 84.0 Å². The zero-order valence-corrected chi connectivity index (χ0v) is 15.2. The smallest absolute Gasteiger partial charge is 0.224 e. The fourth-order valence-electron chi connectivity index (χ4n) is 2.72. The van der Waals surface area contributed by atoms with Crippen LogP contribution in [-0.2, 0) is 4.79 Å². The lowest BCUT2D eigenvalue weighted by atomic mass is 10.1. The van der Waals surface area contributed by atoms with Gasteiger partial charge in [-0.15, -0.1) is 0 Å². The van der Waals surface area contributed by atoms with Crippen molar-refractivity contribution in [3.05, 3.63) is 23.8 Å². The number of nitrogens with zero attached hydrogens (tertiary/aromatic N) is 1. The van der Waals surface area contributed by atoms with Crippen LogP contribution in [0.1, 0.15) is 45.6 Å². The quantitative estimate of drug-likeness (QED) is 0.469. The average Bonchev–Trinajstić information content (AvgIpc) is 2.57. The van der Waals surface area contributed by atoms with Crippen LogP contribution in [-0.4, -0.2) is 37.7 Å². The van der Waals surface area contributed by atoms with Crippen molar-refractivity contribution < 1.29 is 14.3 Å². The Labute approximate surface area is 149 Å². The molecule has 0 radical (unpaired) electrons. The highest BCUT2D eigenvalue weighted by Crippen LogP contribution is 2.27. The van der Waals surface area contributed by atoms with E-state index in [4.69, 9.17) is 9.47 Å². The van der Waals surface area contributed by atoms with E-state index in [1.54, 1.807) is 6.21 Å². The standard InChI is InChI=1S/C18H28N4O3/c1-4-7-14-11-17(23)21-18(20-14)22-19-12-13-8-9-15(24-5-2)16(10-13)25-6-3/h8-10,12,14,18,20,22H,4-7,11H2,1-3H3,(H,21,23)/b19-12+. The van der Waals surface area contributed by atoms with Crippen molar-refractivity contribution in [2.45, 2.75) is 52.4 Å². The van der Waals surface area contributed by atoms with Crippen LogP contribution in [0, 0.1) is 0 Å². The Kier molecular flexibility index (Phi) is 7.53. The predicted molar refractivity (Wildman–Crippen MR) is 97.9 cm³/mol. The number of hydrazone groups is 1. The number of benzene rings is 1. The molecule has 0 spiro atoms. The minimum atomic E-state index is -0.358. The van der Waals surface area contributed by atoms with Gasteiger partial charge in [-0.25, -0.2) is 0 Å². The van der Waals surface area contributed by atoms with Gasteiger partial charge in [0.05, 0.1) is 19.4 Å². The predicted octanol–water partition coefficient (Wildman–Crippen LogP) is 1.97. The number of nitrogens with one attached hydrogen (secondary N) is 3. The lowest BCUT2D eigenvalue weighted by molar-refractivity contribution is -0.124. The van der Waals surface area contributed by atoms with E-state index in [0.29, 0.717) is 25.4 Å². The largest absolute Gasteiger partial charge is 0.490 e. The van der Waals surface area contributed by atoms with E-state index in [0.717, 1.165) is 24.2 Å². The number of carbonyl (C=O) groups excluding carboxylic acids is 1. The van der Waals surface area contributed by atoms with Gasteiger partial charge < -0.3 is 14.8 Å². The summed E-state index contributed by atoms with van der Waals surface area (Å²) in [6, 6.07) is 5.84. The molecule has 138 valence electrons. The van der Waals surface area contributed by atoms with Gasteiger partial charge in [0.2, 0.25) is 5.91 Å². The van der Waals surface area contributed by atoms with E-state index in [9.17, 15) is 4.79 Å². The van der Waals surface area contributed by atoms with Crippen LogP contribution >= 0.6 is 0 Å². The van der Waals surface area contributed by atoms with E-state index >= 15 is 0 Å². The molecule has 1 fully saturated rings. The van der Waals surface area contributed by atoms with E-state index in [2.05, 4.69) is 28.1 Å². The number of amides is 1. The first-order chi connectivity index (χ1) is 12.2. The Morgan fingerprint density at radius 2 is 2.00 bits per heavy atom. The second kappa shape index (κ2) is 9.88. The molecule has 25 heavy (non-hydrogen) atoms. The van der Waals surface area contributed by atoms with Crippen molar-refractivity contribution in [3.63, 3.8) is 0 Å². The number of rotatable bonds is 9. The summed E-state index contributed by atoms with van der Waals surface area (Å²) < 4.78 is 11.2. The zero-order valence-electron chi connectivity index (χ0n) is 15.2. The van der Waals surface area contributed by atoms with Gasteiger partial charge in [0.25, 0.3) is 0 Å². The first-order valence-corrected chi connectivity index (χ1v) is 8.89. The molecule has 7 nitrogen and oxygen atoms in total. The molecule has 0 saturated carbocycles. The van der Waals surface area contributed by atoms with Crippen molar-refractivity contribution in [1.29, 1.82) is 0 Å². The van der Waals surface area contributed by atoms with Crippen LogP contribution < -0.4 is 25.5 Å². The number of hydrogen-bond acceptors (Lipinski definition) is 6. The Hall–Kier alpha value is -2.28. The highest BCUT2D eigenvalue weighted by Gasteiger charge is 2.24. The summed E-state index contributed by atoms with van der Waals surface area (Å²) in [5, 5.41) is 10.4. The highest BCUT2D eigenvalue weighted by molar-refractivity contribution is 5.81. The number of ether oxygens (including phenoxy) is 2. The van der Waals surface area contributed by atoms with Gasteiger partial charge in [-0.1, -0.05) is 13.3 Å². The maximum atomic E-state index is 11.7. The minimum absolute atomic E-state index is 0.0320. The lowest BCUT2D eigenvalue weighted by Crippen LogP contribution is -2.61. The normalized spacial score (nSPS) is 20.4. The van der Waals surface area contributed by atoms with Crippen molar-refractivity contribution in [1.82, 2.24) is 16.1 Å². The zero-order chi connectivity index (χ0) is 18.1. The molecule has 1 heterocycles. The summed E-state index contributed by atoms with van der Waals surface area (Å²) >= 11 is 0. The Balaban J connectivity index is 1.96. The molecule has 2 unspecified atom stereocenters. The van der Waals surface area contributed by atoms with E-state index < -0.39 is 0 Å². The van der Waals surface area contributed by atoms with Crippen LogP contribution in [0.4, 0.5) is 0 Å². The second-order valence-electron chi connectivity index (χ2n) is 5.82. The van der Waals surface area contributed by atoms with Crippen LogP contribution in [0.2, 0.25) is 0 Å². The van der Waals surface area contributed by atoms with Gasteiger partial charge in [0, 0.05) is 12.5 Å². The SMILES string of the molecule is CCCC1CC(=O)NC(N/N=C/c2ccc(OCC)c(OCC)c2)N1. The first-order valence-electron chi connectivity index (χ1n) is 8.89. The van der Waals surface area contributed by atoms with Crippen LogP contribution in [0.15, 0.2) is 23.3 Å². The molecule has 1 aliphatic rings. The summed E-state index contributed by atoms with van der Waals surface area (Å²) in [5.74, 6) is 1.45. The van der Waals surface area contributed by atoms with Gasteiger partial charge in [-0.3, -0.25) is 15.5 Å². The van der Waals surface area contributed by atoms with Crippen LogP contribution in [0.5, 0.6) is 11.5 Å². The molecule has 0 bridgehead atoms. The average molecular weight is 348 g/mol. The highest BCUT2D eigenvalue weighted by atomic mass is 16.5. The molecule has 1 aromatic rings. The third-order valence-electron chi connectivity index (χ3n) is 3.76. The lowest BCUT2D eigenvalue weighted by Gasteiger charge is -2.30. The molecule has 2 atom stereocenters. The Bertz CT molecular complexity index is 592. The van der Waals surface area contributed by atoms with Crippen molar-refractivity contribution in [2.24, 2.45) is 5.10 Å². The van der Waals surface area contributed by atoms with Gasteiger partial charge >= 0.3 is 0 Å². The fraction of sp³-hybridized carbons (Fsp3) is 0.556. The summed E-state index contributed by atoms with van der Waals surface area (Å²) in [6.07, 6.45) is 3.84. The summed E-state index contributed by atoms with van der Waals surface area (Å²) in [6.45, 7) is 7.13. The summed E-state index contributed by atoms with van der Waals surface area (Å²) in [5.41, 5.74) is 3.82. The van der Waals surface area contributed by atoms with Gasteiger partial charge in [-0.2, -0.15) is 5.10 Å². The van der Waals surface area contributed by atoms with Gasteiger partial charge in [-0.05, 0) is 44.0 Å². The molecule has 0 aromatic heterocycles. The molecule has 7 heteroatoms. The Morgan fingerprint density at radius 3 is 2.72 bits per heavy atom. The van der Waals surface area contributed by atoms with Crippen molar-refractivity contribution >= 4 is 12.1 Å². The van der Waals surface area contributed by atoms with Crippen molar-refractivity contribution in [3.8, 4) is 11.5 Å². The molecule has 2 rings (SSSR count). The molecular formula is C18H28N4O3. The monoisotopic (exact) mass is 348 g/mol. The molecule has 1 saturated heterocycles. The Morgan fingerprint density at radius 1 is 1.24 bits per heavy atom. The third-order valence-corrected chi connectivity index (χ3v) is 3.76. The molecule has 1 aromatic carbocycles. The first kappa shape index (κ1) is 19.1. The van der Waals surface area contributed by atoms with Gasteiger partial charge in [0.1, 0.15) is 0 Å². The maximum Gasteiger partial charge on any atom is 0.224 e. The molecular weight excluding hydrogens is 320 g/mol. The minimum Gasteiger partial charge on any atom is -0.490 e. The van der Waals surface area contributed by atoms with E-state index in [-0.39, 0.29) is 18.2 Å². The number of hydrogen-bond donors (Lipinski definition) is 3. The number of carbonyl (C=O) groups is 1. The second-order valence-corrected chi connectivity index (χ2v) is 5.82. The van der Waals surface area contributed by atoms with E-state index in [1.165, 1.54) is 0 Å². The third kappa shape index (κ3) is 5.94. The summed E-state index contributed by atoms with van der Waals surface area (Å²) in [4.78, 5) is 11.7. The van der Waals surface area contributed by atoms with Crippen molar-refractivity contribution in [2.75, 3.05) is 13.2 Å². The van der Waals surface area contributed by atoms with Crippen LogP contribution in [0.3, 0.4) is 0 Å². The fourth-order valence-corrected chi connectivity index (χ4v) is 2.72. The van der Waals surface area contributed by atoms with Gasteiger partial charge in [0.15, 0.2) is 17.8 Å². The van der Waals surface area contributed by atoms with Crippen LogP contribution in [0.25, 0.3) is 0 Å². The maximum absolute atomic E-state index is 11.7. The van der Waals surface area contributed by atoms with E-state index in [1.807, 2.05) is 32.0 Å². The molecule has 1 amide bonds. The molecule has 1 aliphatic heterocycles. The molecule has 0 aliphatic carbocycles.